The van der Waals surface area contributed by atoms with Crippen molar-refractivity contribution in [1.29, 1.82) is 0 Å². The molecule has 0 amide bonds. The molecule has 0 bridgehead atoms. The monoisotopic (exact) mass is 284 g/mol. The molecular formula is C15H22F2N2O. The second kappa shape index (κ2) is 7.67. The van der Waals surface area contributed by atoms with Gasteiger partial charge in [0, 0.05) is 31.2 Å². The lowest BCUT2D eigenvalue weighted by Gasteiger charge is -2.31. The Morgan fingerprint density at radius 1 is 1.30 bits per heavy atom. The molecule has 20 heavy (non-hydrogen) atoms. The molecule has 0 radical (unpaired) electrons. The Bertz CT molecular complexity index is 422. The number of hydrogen-bond donors (Lipinski definition) is 1. The maximum Gasteiger partial charge on any atom is 0.163 e. The summed E-state index contributed by atoms with van der Waals surface area (Å²) in [5.41, 5.74) is 0.407. The minimum atomic E-state index is -0.784. The Labute approximate surface area is 118 Å². The van der Waals surface area contributed by atoms with E-state index in [4.69, 9.17) is 4.74 Å². The van der Waals surface area contributed by atoms with Crippen molar-refractivity contribution in [1.82, 2.24) is 10.2 Å². The fourth-order valence-corrected chi connectivity index (χ4v) is 2.42. The molecule has 1 fully saturated rings. The maximum absolute atomic E-state index is 14.0. The van der Waals surface area contributed by atoms with E-state index in [0.29, 0.717) is 25.3 Å². The fraction of sp³-hybridized carbons (Fsp3) is 0.600. The molecule has 2 rings (SSSR count). The summed E-state index contributed by atoms with van der Waals surface area (Å²) in [6.07, 6.45) is 0.955. The minimum absolute atomic E-state index is 0.191. The summed E-state index contributed by atoms with van der Waals surface area (Å²) in [5.74, 6) is -1.53. The van der Waals surface area contributed by atoms with Gasteiger partial charge < -0.3 is 10.1 Å². The number of halogens is 2. The van der Waals surface area contributed by atoms with Crippen molar-refractivity contribution in [3.8, 4) is 0 Å². The molecular weight excluding hydrogens is 262 g/mol. The van der Waals surface area contributed by atoms with Crippen LogP contribution in [0.1, 0.15) is 24.9 Å². The molecule has 1 atom stereocenters. The quantitative estimate of drug-likeness (QED) is 0.868. The number of nitrogens with zero attached hydrogens (tertiary/aromatic N) is 1. The van der Waals surface area contributed by atoms with Crippen LogP contribution in [0.2, 0.25) is 0 Å². The van der Waals surface area contributed by atoms with Crippen LogP contribution in [0.3, 0.4) is 0 Å². The van der Waals surface area contributed by atoms with Crippen LogP contribution in [0.4, 0.5) is 8.78 Å². The summed E-state index contributed by atoms with van der Waals surface area (Å²) in [6.45, 7) is 6.58. The minimum Gasteiger partial charge on any atom is -0.379 e. The van der Waals surface area contributed by atoms with E-state index in [1.165, 1.54) is 0 Å². The second-order valence-electron chi connectivity index (χ2n) is 5.06. The first-order chi connectivity index (χ1) is 9.72. The molecule has 3 nitrogen and oxygen atoms in total. The number of hydrogen-bond acceptors (Lipinski definition) is 3. The predicted octanol–water partition coefficient (Wildman–Crippen LogP) is 2.34. The van der Waals surface area contributed by atoms with E-state index in [1.807, 2.05) is 0 Å². The summed E-state index contributed by atoms with van der Waals surface area (Å²) >= 11 is 0. The third-order valence-electron chi connectivity index (χ3n) is 3.54. The van der Waals surface area contributed by atoms with E-state index >= 15 is 0 Å². The van der Waals surface area contributed by atoms with Crippen molar-refractivity contribution in [3.63, 3.8) is 0 Å². The standard InChI is InChI=1S/C15H22F2N2O/c1-2-6-18-14(11-19-7-9-20-10-8-19)12-4-3-5-13(16)15(12)17/h3-5,14,18H,2,6-11H2,1H3. The largest absolute Gasteiger partial charge is 0.379 e. The lowest BCUT2D eigenvalue weighted by molar-refractivity contribution is 0.0332. The van der Waals surface area contributed by atoms with Gasteiger partial charge in [0.15, 0.2) is 11.6 Å². The summed E-state index contributed by atoms with van der Waals surface area (Å²) in [5, 5.41) is 3.31. The zero-order valence-corrected chi connectivity index (χ0v) is 11.9. The highest BCUT2D eigenvalue weighted by molar-refractivity contribution is 5.23. The third kappa shape index (κ3) is 3.98. The van der Waals surface area contributed by atoms with E-state index in [-0.39, 0.29) is 6.04 Å². The van der Waals surface area contributed by atoms with Gasteiger partial charge in [-0.15, -0.1) is 0 Å². The fourth-order valence-electron chi connectivity index (χ4n) is 2.42. The van der Waals surface area contributed by atoms with Crippen LogP contribution >= 0.6 is 0 Å². The van der Waals surface area contributed by atoms with Crippen molar-refractivity contribution in [2.75, 3.05) is 39.4 Å². The Morgan fingerprint density at radius 2 is 2.05 bits per heavy atom. The van der Waals surface area contributed by atoms with Gasteiger partial charge in [-0.3, -0.25) is 4.90 Å². The molecule has 1 aliphatic rings. The van der Waals surface area contributed by atoms with E-state index in [9.17, 15) is 8.78 Å². The Hall–Kier alpha value is -1.04. The molecule has 1 aromatic carbocycles. The first kappa shape index (κ1) is 15.4. The number of morpholine rings is 1. The van der Waals surface area contributed by atoms with Crippen molar-refractivity contribution < 1.29 is 13.5 Å². The van der Waals surface area contributed by atoms with Gasteiger partial charge in [0.1, 0.15) is 0 Å². The lowest BCUT2D eigenvalue weighted by atomic mass is 10.0. The van der Waals surface area contributed by atoms with Crippen LogP contribution in [0, 0.1) is 11.6 Å². The normalized spacial score (nSPS) is 18.1. The van der Waals surface area contributed by atoms with Crippen LogP contribution in [0.15, 0.2) is 18.2 Å². The summed E-state index contributed by atoms with van der Waals surface area (Å²) in [7, 11) is 0. The number of nitrogens with one attached hydrogen (secondary N) is 1. The van der Waals surface area contributed by atoms with Gasteiger partial charge in [-0.2, -0.15) is 0 Å². The zero-order valence-electron chi connectivity index (χ0n) is 11.9. The topological polar surface area (TPSA) is 24.5 Å². The lowest BCUT2D eigenvalue weighted by Crippen LogP contribution is -2.42. The highest BCUT2D eigenvalue weighted by Gasteiger charge is 2.21. The highest BCUT2D eigenvalue weighted by Crippen LogP contribution is 2.21. The molecule has 0 saturated carbocycles. The molecule has 1 aliphatic heterocycles. The van der Waals surface area contributed by atoms with Gasteiger partial charge in [0.2, 0.25) is 0 Å². The van der Waals surface area contributed by atoms with E-state index in [1.54, 1.807) is 12.1 Å². The van der Waals surface area contributed by atoms with Crippen molar-refractivity contribution >= 4 is 0 Å². The van der Waals surface area contributed by atoms with Crippen molar-refractivity contribution in [2.24, 2.45) is 0 Å². The van der Waals surface area contributed by atoms with Gasteiger partial charge in [0.25, 0.3) is 0 Å². The summed E-state index contributed by atoms with van der Waals surface area (Å²) in [4.78, 5) is 2.22. The molecule has 0 spiro atoms. The molecule has 1 heterocycles. The van der Waals surface area contributed by atoms with Crippen LogP contribution in [-0.2, 0) is 4.74 Å². The van der Waals surface area contributed by atoms with Crippen LogP contribution in [0.5, 0.6) is 0 Å². The second-order valence-corrected chi connectivity index (χ2v) is 5.06. The zero-order chi connectivity index (χ0) is 14.4. The molecule has 1 saturated heterocycles. The Morgan fingerprint density at radius 3 is 2.75 bits per heavy atom. The van der Waals surface area contributed by atoms with E-state index < -0.39 is 11.6 Å². The molecule has 5 heteroatoms. The molecule has 112 valence electrons. The van der Waals surface area contributed by atoms with Gasteiger partial charge in [-0.1, -0.05) is 19.1 Å². The van der Waals surface area contributed by atoms with Crippen LogP contribution in [-0.4, -0.2) is 44.3 Å². The third-order valence-corrected chi connectivity index (χ3v) is 3.54. The average Bonchev–Trinajstić information content (AvgIpc) is 2.48. The van der Waals surface area contributed by atoms with Crippen LogP contribution < -0.4 is 5.32 Å². The number of ether oxygens (including phenoxy) is 1. The Kier molecular flexibility index (Phi) is 5.88. The molecule has 1 N–H and O–H groups in total. The van der Waals surface area contributed by atoms with E-state index in [0.717, 1.165) is 32.1 Å². The van der Waals surface area contributed by atoms with Gasteiger partial charge in [0.05, 0.1) is 13.2 Å². The SMILES string of the molecule is CCCNC(CN1CCOCC1)c1cccc(F)c1F. The number of benzene rings is 1. The smallest absolute Gasteiger partial charge is 0.163 e. The Balaban J connectivity index is 2.11. The van der Waals surface area contributed by atoms with E-state index in [2.05, 4.69) is 17.1 Å². The molecule has 1 unspecified atom stereocenters. The van der Waals surface area contributed by atoms with Gasteiger partial charge >= 0.3 is 0 Å². The molecule has 0 aromatic heterocycles. The maximum atomic E-state index is 14.0. The number of rotatable bonds is 6. The molecule has 0 aliphatic carbocycles. The molecule has 1 aromatic rings. The van der Waals surface area contributed by atoms with Gasteiger partial charge in [-0.05, 0) is 19.0 Å². The summed E-state index contributed by atoms with van der Waals surface area (Å²) < 4.78 is 32.7. The van der Waals surface area contributed by atoms with Crippen LogP contribution in [0.25, 0.3) is 0 Å². The van der Waals surface area contributed by atoms with Gasteiger partial charge in [-0.25, -0.2) is 8.78 Å². The summed E-state index contributed by atoms with van der Waals surface area (Å²) in [6, 6.07) is 4.19. The first-order valence-corrected chi connectivity index (χ1v) is 7.19. The average molecular weight is 284 g/mol. The van der Waals surface area contributed by atoms with Crippen molar-refractivity contribution in [2.45, 2.75) is 19.4 Å². The first-order valence-electron chi connectivity index (χ1n) is 7.19. The highest BCUT2D eigenvalue weighted by atomic mass is 19.2. The predicted molar refractivity (Wildman–Crippen MR) is 74.7 cm³/mol. The van der Waals surface area contributed by atoms with Crippen molar-refractivity contribution in [3.05, 3.63) is 35.4 Å².